The molecular weight excluding hydrogens is 615 g/mol. The van der Waals surface area contributed by atoms with Gasteiger partial charge in [-0.1, -0.05) is 0 Å². The number of hydrogen-bond donors (Lipinski definition) is 0. The topological polar surface area (TPSA) is 12.4 Å². The molecule has 0 amide bonds. The molecule has 2 aliphatic carbocycles. The van der Waals surface area contributed by atoms with Crippen LogP contribution >= 0.6 is 11.3 Å². The summed E-state index contributed by atoms with van der Waals surface area (Å²) in [5.41, 5.74) is 1.33. The minimum atomic E-state index is 0.558. The molecule has 1 aliphatic heterocycles. The summed E-state index contributed by atoms with van der Waals surface area (Å²) in [5, 5.41) is 3.38. The summed E-state index contributed by atoms with van der Waals surface area (Å²) in [6, 6.07) is 15.7. The predicted octanol–water partition coefficient (Wildman–Crippen LogP) is 8.24. The van der Waals surface area contributed by atoms with Crippen LogP contribution in [0.4, 0.5) is 0 Å². The second-order valence-electron chi connectivity index (χ2n) is 8.77. The van der Waals surface area contributed by atoms with Gasteiger partial charge in [-0.3, -0.25) is 0 Å². The van der Waals surface area contributed by atoms with Crippen LogP contribution in [-0.2, 0) is 30.9 Å². The first kappa shape index (κ1) is 29.6. The molecule has 198 valence electrons. The molecule has 36 heavy (non-hydrogen) atoms. The number of hydrogen-bond acceptors (Lipinski definition) is 2. The van der Waals surface area contributed by atoms with Crippen molar-refractivity contribution in [3.8, 4) is 0 Å². The van der Waals surface area contributed by atoms with Gasteiger partial charge in [0.2, 0.25) is 0 Å². The Morgan fingerprint density at radius 3 is 2.00 bits per heavy atom. The van der Waals surface area contributed by atoms with E-state index < -0.39 is 0 Å². The zero-order chi connectivity index (χ0) is 25.3. The van der Waals surface area contributed by atoms with Crippen LogP contribution in [0.25, 0.3) is 0 Å². The number of rotatable bonds is 4. The van der Waals surface area contributed by atoms with Gasteiger partial charge >= 0.3 is 246 Å². The third kappa shape index (κ3) is 12.5. The van der Waals surface area contributed by atoms with Crippen LogP contribution in [0.5, 0.6) is 0 Å². The minimum absolute atomic E-state index is 0.558. The van der Waals surface area contributed by atoms with Crippen LogP contribution in [0.3, 0.4) is 0 Å². The zero-order valence-corrected chi connectivity index (χ0v) is 25.3. The van der Waals surface area contributed by atoms with Crippen molar-refractivity contribution in [3.05, 3.63) is 98.3 Å². The van der Waals surface area contributed by atoms with E-state index in [1.165, 1.54) is 48.7 Å². The van der Waals surface area contributed by atoms with Gasteiger partial charge in [-0.05, 0) is 0 Å². The van der Waals surface area contributed by atoms with Gasteiger partial charge in [0.25, 0.3) is 0 Å². The number of allylic oxidation sites excluding steroid dienone is 8. The predicted molar refractivity (Wildman–Crippen MR) is 152 cm³/mol. The Bertz CT molecular complexity index is 988. The first-order chi connectivity index (χ1) is 17.7. The molecule has 1 aromatic heterocycles. The van der Waals surface area contributed by atoms with Gasteiger partial charge in [0.15, 0.2) is 0 Å². The summed E-state index contributed by atoms with van der Waals surface area (Å²) in [5.74, 6) is 0. The molecule has 1 atom stereocenters. The van der Waals surface area contributed by atoms with Gasteiger partial charge in [0, 0.05) is 0 Å². The van der Waals surface area contributed by atoms with E-state index in [2.05, 4.69) is 84.3 Å². The van der Waals surface area contributed by atoms with Crippen molar-refractivity contribution in [1.82, 2.24) is 0 Å². The SMILES string of the molecule is [Ni][C]1=CCCC=CCC1.[Ni][C]1=CCCC=CCC1.c1ccc([Se]CC2CCC(c3cccs3)=N2)cc1. The molecule has 0 saturated heterocycles. The Kier molecular flexibility index (Phi) is 15.1. The average molecular weight is 652 g/mol. The first-order valence-corrected chi connectivity index (χ1v) is 16.9. The molecule has 0 fully saturated rings. The molecule has 1 unspecified atom stereocenters. The Morgan fingerprint density at radius 1 is 0.750 bits per heavy atom. The molecule has 5 rings (SSSR count). The van der Waals surface area contributed by atoms with Crippen LogP contribution in [-0.4, -0.2) is 26.7 Å². The van der Waals surface area contributed by atoms with Crippen molar-refractivity contribution in [2.75, 3.05) is 0 Å². The van der Waals surface area contributed by atoms with E-state index in [1.807, 2.05) is 11.3 Å². The number of nitrogens with zero attached hydrogens (tertiary/aromatic N) is 1. The van der Waals surface area contributed by atoms with Gasteiger partial charge in [-0.15, -0.1) is 0 Å². The summed E-state index contributed by atoms with van der Waals surface area (Å²) < 4.78 is 3.85. The van der Waals surface area contributed by atoms with Crippen LogP contribution in [0.15, 0.2) is 98.4 Å². The first-order valence-electron chi connectivity index (χ1n) is 12.9. The third-order valence-corrected chi connectivity index (χ3v) is 10.1. The summed E-state index contributed by atoms with van der Waals surface area (Å²) in [6.07, 6.45) is 24.8. The number of thiophene rings is 1. The second-order valence-corrected chi connectivity index (χ2v) is 13.3. The van der Waals surface area contributed by atoms with Crippen molar-refractivity contribution >= 4 is 36.5 Å². The fourth-order valence-electron chi connectivity index (χ4n) is 3.87. The van der Waals surface area contributed by atoms with Gasteiger partial charge in [-0.25, -0.2) is 0 Å². The van der Waals surface area contributed by atoms with Crippen molar-refractivity contribution in [2.24, 2.45) is 4.99 Å². The standard InChI is InChI=1S/C15H15NSSe.2C8H11.2Ni/c1-2-5-13(6-3-1)18-11-12-8-9-14(16-12)15-7-4-10-17-15;2*1-2-4-6-8-7-5-3-1;;/h1-7,10,12H,8-9,11H2;2*1-2,7H,3-6H2;;. The fraction of sp³-hybridized carbons (Fsp3) is 0.387. The van der Waals surface area contributed by atoms with Crippen molar-refractivity contribution in [3.63, 3.8) is 0 Å². The Hall–Kier alpha value is -0.944. The summed E-state index contributed by atoms with van der Waals surface area (Å²) >= 11 is 11.9. The summed E-state index contributed by atoms with van der Waals surface area (Å²) in [7, 11) is 0. The molecule has 0 spiro atoms. The van der Waals surface area contributed by atoms with Crippen LogP contribution in [0.1, 0.15) is 69.1 Å². The Labute approximate surface area is 244 Å². The summed E-state index contributed by atoms with van der Waals surface area (Å²) in [6.45, 7) is 0. The van der Waals surface area contributed by atoms with E-state index in [4.69, 9.17) is 35.9 Å². The Morgan fingerprint density at radius 2 is 1.39 bits per heavy atom. The van der Waals surface area contributed by atoms with E-state index in [-0.39, 0.29) is 0 Å². The van der Waals surface area contributed by atoms with Gasteiger partial charge < -0.3 is 0 Å². The average Bonchev–Trinajstić information content (AvgIpc) is 3.56. The van der Waals surface area contributed by atoms with Crippen LogP contribution < -0.4 is 4.46 Å². The maximum absolute atomic E-state index is 4.89. The van der Waals surface area contributed by atoms with E-state index in [1.54, 1.807) is 0 Å². The number of aliphatic imine (C=N–C) groups is 1. The molecule has 0 N–H and O–H groups in total. The molecule has 5 heteroatoms. The molecular formula is C31H37NNi2SSe. The maximum atomic E-state index is 4.89. The van der Waals surface area contributed by atoms with E-state index >= 15 is 0 Å². The van der Waals surface area contributed by atoms with Gasteiger partial charge in [0.1, 0.15) is 0 Å². The molecule has 2 aromatic rings. The molecule has 3 aliphatic rings. The molecule has 0 saturated carbocycles. The van der Waals surface area contributed by atoms with E-state index in [0.29, 0.717) is 21.0 Å². The molecule has 2 heterocycles. The second kappa shape index (κ2) is 18.3. The third-order valence-electron chi connectivity index (χ3n) is 5.82. The summed E-state index contributed by atoms with van der Waals surface area (Å²) in [4.78, 5) is 6.25. The van der Waals surface area contributed by atoms with E-state index in [9.17, 15) is 0 Å². The normalized spacial score (nSPS) is 19.7. The molecule has 1 nitrogen and oxygen atoms in total. The molecule has 1 aromatic carbocycles. The Balaban J connectivity index is 0.000000169. The number of benzene rings is 1. The van der Waals surface area contributed by atoms with Crippen LogP contribution in [0.2, 0.25) is 5.32 Å². The van der Waals surface area contributed by atoms with Gasteiger partial charge in [0.05, 0.1) is 0 Å². The monoisotopic (exact) mass is 651 g/mol. The van der Waals surface area contributed by atoms with Crippen molar-refractivity contribution in [2.45, 2.75) is 75.6 Å². The molecule has 0 bridgehead atoms. The van der Waals surface area contributed by atoms with Crippen molar-refractivity contribution in [1.29, 1.82) is 0 Å². The molecule has 0 radical (unpaired) electrons. The van der Waals surface area contributed by atoms with Crippen molar-refractivity contribution < 1.29 is 30.9 Å². The van der Waals surface area contributed by atoms with Crippen LogP contribution in [0, 0.1) is 0 Å². The zero-order valence-electron chi connectivity index (χ0n) is 20.8. The van der Waals surface area contributed by atoms with E-state index in [0.717, 1.165) is 44.9 Å². The quantitative estimate of drug-likeness (QED) is 0.233. The fourth-order valence-corrected chi connectivity index (χ4v) is 7.24. The van der Waals surface area contributed by atoms with Gasteiger partial charge in [-0.2, -0.15) is 0 Å².